The van der Waals surface area contributed by atoms with Gasteiger partial charge in [0.05, 0.1) is 4.90 Å². The molecule has 0 radical (unpaired) electrons. The minimum atomic E-state index is -3.41. The minimum absolute atomic E-state index is 0.346. The Kier molecular flexibility index (Phi) is 5.81. The van der Waals surface area contributed by atoms with E-state index in [1.54, 1.807) is 12.1 Å². The van der Waals surface area contributed by atoms with E-state index in [4.69, 9.17) is 0 Å². The molecule has 0 spiro atoms. The molecule has 18 heavy (non-hydrogen) atoms. The summed E-state index contributed by atoms with van der Waals surface area (Å²) in [6.07, 6.45) is 0. The lowest BCUT2D eigenvalue weighted by Crippen LogP contribution is -2.34. The summed E-state index contributed by atoms with van der Waals surface area (Å²) < 4.78 is 27.1. The zero-order valence-corrected chi connectivity index (χ0v) is 13.7. The fraction of sp³-hybridized carbons (Fsp3) is 0.385. The summed E-state index contributed by atoms with van der Waals surface area (Å²) in [6.45, 7) is 8.44. The van der Waals surface area contributed by atoms with Crippen molar-refractivity contribution >= 4 is 32.6 Å². The summed E-state index contributed by atoms with van der Waals surface area (Å²) in [5.41, 5.74) is 1.89. The lowest BCUT2D eigenvalue weighted by Gasteiger charge is -2.21. The number of alkyl halides is 1. The van der Waals surface area contributed by atoms with Gasteiger partial charge < -0.3 is 0 Å². The summed E-state index contributed by atoms with van der Waals surface area (Å²) in [4.78, 5) is 0.346. The smallest absolute Gasteiger partial charge is 0.207 e. The highest BCUT2D eigenvalue weighted by molar-refractivity contribution is 14.1. The molecule has 0 unspecified atom stereocenters. The topological polar surface area (TPSA) is 37.4 Å². The monoisotopic (exact) mass is 379 g/mol. The van der Waals surface area contributed by atoms with Gasteiger partial charge in [-0.2, -0.15) is 4.31 Å². The van der Waals surface area contributed by atoms with Gasteiger partial charge in [0.2, 0.25) is 10.0 Å². The maximum absolute atomic E-state index is 12.5. The van der Waals surface area contributed by atoms with Crippen LogP contribution in [0.4, 0.5) is 0 Å². The van der Waals surface area contributed by atoms with Crippen molar-refractivity contribution < 1.29 is 8.42 Å². The Bertz CT molecular complexity index is 508. The molecular formula is C13H18INO2S. The molecule has 3 nitrogen and oxygen atoms in total. The first-order valence-corrected chi connectivity index (χ1v) is 8.61. The third-order valence-electron chi connectivity index (χ3n) is 2.44. The standard InChI is InChI=1S/C13H18INO2S/c1-11(2)10-15(9-8-14)18(16,17)13-6-4-12(3)5-7-13/h4-7H,1,8-10H2,2-3H3. The molecular weight excluding hydrogens is 361 g/mol. The second-order valence-electron chi connectivity index (χ2n) is 4.30. The van der Waals surface area contributed by atoms with Crippen LogP contribution in [-0.2, 0) is 10.0 Å². The molecule has 0 saturated carbocycles. The van der Waals surface area contributed by atoms with Gasteiger partial charge in [-0.1, -0.05) is 52.4 Å². The van der Waals surface area contributed by atoms with E-state index in [1.165, 1.54) is 4.31 Å². The highest BCUT2D eigenvalue weighted by Gasteiger charge is 2.23. The van der Waals surface area contributed by atoms with Crippen LogP contribution in [0.25, 0.3) is 0 Å². The van der Waals surface area contributed by atoms with Crippen LogP contribution in [0, 0.1) is 6.92 Å². The predicted octanol–water partition coefficient (Wildman–Crippen LogP) is 3.00. The first kappa shape index (κ1) is 15.7. The van der Waals surface area contributed by atoms with Crippen molar-refractivity contribution in [3.8, 4) is 0 Å². The van der Waals surface area contributed by atoms with Crippen LogP contribution >= 0.6 is 22.6 Å². The number of halogens is 1. The summed E-state index contributed by atoms with van der Waals surface area (Å²) in [6, 6.07) is 6.94. The SMILES string of the molecule is C=C(C)CN(CCI)S(=O)(=O)c1ccc(C)cc1. The van der Waals surface area contributed by atoms with Crippen molar-refractivity contribution in [2.75, 3.05) is 17.5 Å². The van der Waals surface area contributed by atoms with Crippen LogP contribution in [0.3, 0.4) is 0 Å². The molecule has 0 bridgehead atoms. The molecule has 0 heterocycles. The van der Waals surface area contributed by atoms with Crippen molar-refractivity contribution in [1.82, 2.24) is 4.31 Å². The zero-order valence-electron chi connectivity index (χ0n) is 10.7. The van der Waals surface area contributed by atoms with Gasteiger partial charge in [0.25, 0.3) is 0 Å². The van der Waals surface area contributed by atoms with Gasteiger partial charge in [-0.15, -0.1) is 0 Å². The molecule has 0 fully saturated rings. The maximum Gasteiger partial charge on any atom is 0.243 e. The third-order valence-corrected chi connectivity index (χ3v) is 4.78. The number of hydrogen-bond donors (Lipinski definition) is 0. The van der Waals surface area contributed by atoms with Crippen molar-refractivity contribution in [2.45, 2.75) is 18.7 Å². The zero-order chi connectivity index (χ0) is 13.8. The normalized spacial score (nSPS) is 11.8. The summed E-state index contributed by atoms with van der Waals surface area (Å²) in [5.74, 6) is 0. The molecule has 0 aliphatic rings. The van der Waals surface area contributed by atoms with Crippen LogP contribution in [0.15, 0.2) is 41.3 Å². The molecule has 0 saturated heterocycles. The average molecular weight is 379 g/mol. The molecule has 0 N–H and O–H groups in total. The van der Waals surface area contributed by atoms with E-state index in [2.05, 4.69) is 29.2 Å². The Labute approximate surface area is 123 Å². The van der Waals surface area contributed by atoms with E-state index in [-0.39, 0.29) is 0 Å². The van der Waals surface area contributed by atoms with Gasteiger partial charge in [-0.25, -0.2) is 8.42 Å². The fourth-order valence-corrected chi connectivity index (χ4v) is 3.95. The molecule has 100 valence electrons. The Morgan fingerprint density at radius 3 is 2.33 bits per heavy atom. The first-order valence-electron chi connectivity index (χ1n) is 5.65. The largest absolute Gasteiger partial charge is 0.243 e. The van der Waals surface area contributed by atoms with Gasteiger partial charge >= 0.3 is 0 Å². The Morgan fingerprint density at radius 2 is 1.89 bits per heavy atom. The number of rotatable bonds is 6. The number of sulfonamides is 1. The van der Waals surface area contributed by atoms with Crippen molar-refractivity contribution in [3.05, 3.63) is 42.0 Å². The molecule has 0 aliphatic carbocycles. The molecule has 0 atom stereocenters. The average Bonchev–Trinajstić information content (AvgIpc) is 2.28. The van der Waals surface area contributed by atoms with Gasteiger partial charge in [0.15, 0.2) is 0 Å². The molecule has 0 aliphatic heterocycles. The van der Waals surface area contributed by atoms with Crippen LogP contribution in [0.2, 0.25) is 0 Å². The van der Waals surface area contributed by atoms with Crippen molar-refractivity contribution in [3.63, 3.8) is 0 Å². The van der Waals surface area contributed by atoms with E-state index >= 15 is 0 Å². The van der Waals surface area contributed by atoms with E-state index in [0.717, 1.165) is 15.6 Å². The van der Waals surface area contributed by atoms with E-state index < -0.39 is 10.0 Å². The number of aryl methyl sites for hydroxylation is 1. The summed E-state index contributed by atoms with van der Waals surface area (Å²) in [5, 5.41) is 0. The number of benzene rings is 1. The van der Waals surface area contributed by atoms with Crippen molar-refractivity contribution in [2.24, 2.45) is 0 Å². The van der Waals surface area contributed by atoms with Crippen LogP contribution in [-0.4, -0.2) is 30.2 Å². The molecule has 1 aromatic carbocycles. The van der Waals surface area contributed by atoms with Gasteiger partial charge in [0.1, 0.15) is 0 Å². The Morgan fingerprint density at radius 1 is 1.33 bits per heavy atom. The van der Waals surface area contributed by atoms with Crippen LogP contribution < -0.4 is 0 Å². The van der Waals surface area contributed by atoms with Crippen LogP contribution in [0.1, 0.15) is 12.5 Å². The van der Waals surface area contributed by atoms with Gasteiger partial charge in [0, 0.05) is 17.5 Å². The number of nitrogens with zero attached hydrogens (tertiary/aromatic N) is 1. The molecule has 5 heteroatoms. The second-order valence-corrected chi connectivity index (χ2v) is 7.31. The highest BCUT2D eigenvalue weighted by Crippen LogP contribution is 2.17. The van der Waals surface area contributed by atoms with E-state index in [0.29, 0.717) is 18.0 Å². The van der Waals surface area contributed by atoms with E-state index in [1.807, 2.05) is 26.0 Å². The van der Waals surface area contributed by atoms with Gasteiger partial charge in [-0.3, -0.25) is 0 Å². The molecule has 0 amide bonds. The Balaban J connectivity index is 3.08. The van der Waals surface area contributed by atoms with Crippen LogP contribution in [0.5, 0.6) is 0 Å². The van der Waals surface area contributed by atoms with E-state index in [9.17, 15) is 8.42 Å². The predicted molar refractivity (Wildman–Crippen MR) is 83.6 cm³/mol. The van der Waals surface area contributed by atoms with Gasteiger partial charge in [-0.05, 0) is 26.0 Å². The van der Waals surface area contributed by atoms with Crippen molar-refractivity contribution in [1.29, 1.82) is 0 Å². The lowest BCUT2D eigenvalue weighted by molar-refractivity contribution is 0.457. The quantitative estimate of drug-likeness (QED) is 0.433. The minimum Gasteiger partial charge on any atom is -0.207 e. The second kappa shape index (κ2) is 6.68. The molecule has 1 rings (SSSR count). The Hall–Kier alpha value is -0.400. The molecule has 0 aromatic heterocycles. The number of hydrogen-bond acceptors (Lipinski definition) is 2. The first-order chi connectivity index (χ1) is 8.37. The maximum atomic E-state index is 12.5. The summed E-state index contributed by atoms with van der Waals surface area (Å²) in [7, 11) is -3.41. The molecule has 1 aromatic rings. The highest BCUT2D eigenvalue weighted by atomic mass is 127. The lowest BCUT2D eigenvalue weighted by atomic mass is 10.2. The fourth-order valence-electron chi connectivity index (χ4n) is 1.54. The summed E-state index contributed by atoms with van der Waals surface area (Å²) >= 11 is 2.18. The third kappa shape index (κ3) is 4.07.